The van der Waals surface area contributed by atoms with E-state index in [1.807, 2.05) is 86.5 Å². The van der Waals surface area contributed by atoms with E-state index in [1.165, 1.54) is 0 Å². The molecule has 1 saturated heterocycles. The second kappa shape index (κ2) is 7.11. The van der Waals surface area contributed by atoms with Gasteiger partial charge in [-0.25, -0.2) is 0 Å². The molecule has 2 aliphatic rings. The average Bonchev–Trinajstić information content (AvgIpc) is 3.04. The molecule has 2 aromatic rings. The summed E-state index contributed by atoms with van der Waals surface area (Å²) in [5, 5.41) is 20.9. The maximum atomic E-state index is 13.7. The minimum Gasteiger partial charge on any atom is -0.357 e. The van der Waals surface area contributed by atoms with Crippen molar-refractivity contribution in [3.05, 3.63) is 75.9 Å². The fourth-order valence-electron chi connectivity index (χ4n) is 4.78. The van der Waals surface area contributed by atoms with Crippen molar-refractivity contribution >= 4 is 27.8 Å². The molecule has 0 amide bonds. The lowest BCUT2D eigenvalue weighted by Gasteiger charge is -2.36. The maximum absolute atomic E-state index is 13.7. The highest BCUT2D eigenvalue weighted by Crippen LogP contribution is 2.60. The lowest BCUT2D eigenvalue weighted by Crippen LogP contribution is -2.43. The largest absolute Gasteiger partial charge is 0.357 e. The van der Waals surface area contributed by atoms with E-state index < -0.39 is 28.8 Å². The average molecular weight is 460 g/mol. The van der Waals surface area contributed by atoms with Crippen LogP contribution in [0.25, 0.3) is 6.08 Å². The first kappa shape index (κ1) is 20.4. The zero-order valence-corrected chi connectivity index (χ0v) is 18.7. The van der Waals surface area contributed by atoms with Crippen molar-refractivity contribution in [2.45, 2.75) is 38.8 Å². The van der Waals surface area contributed by atoms with Crippen molar-refractivity contribution in [2.75, 3.05) is 0 Å². The van der Waals surface area contributed by atoms with Gasteiger partial charge in [0.05, 0.1) is 24.2 Å². The summed E-state index contributed by atoms with van der Waals surface area (Å²) < 4.78 is 0.908. The summed E-state index contributed by atoms with van der Waals surface area (Å²) >= 11 is 3.46. The standard InChI is InChI=1S/C25H22BrN3O/c1-24(2,3)23(30)21-20(17-8-10-18(26)11-9-17)25(14-27,15-28)22-19-7-5-4-6-16(19)12-13-29(21)22/h4-13,20-22H,1-3H3/t20-,21+,22-/m1/s1. The molecule has 5 heteroatoms. The third-order valence-electron chi connectivity index (χ3n) is 6.18. The second-order valence-electron chi connectivity index (χ2n) is 8.98. The number of rotatable bonds is 2. The molecule has 1 fully saturated rings. The molecule has 2 aliphatic heterocycles. The molecule has 4 rings (SSSR count). The first-order valence-electron chi connectivity index (χ1n) is 9.91. The van der Waals surface area contributed by atoms with Crippen molar-refractivity contribution in [1.82, 2.24) is 4.90 Å². The zero-order chi connectivity index (χ0) is 21.7. The number of nitriles is 2. The quantitative estimate of drug-likeness (QED) is 0.586. The van der Waals surface area contributed by atoms with Crippen LogP contribution >= 0.6 is 15.9 Å². The van der Waals surface area contributed by atoms with Crippen molar-refractivity contribution in [3.8, 4) is 12.1 Å². The number of benzene rings is 2. The molecule has 0 saturated carbocycles. The fourth-order valence-corrected chi connectivity index (χ4v) is 5.05. The number of nitrogens with zero attached hydrogens (tertiary/aromatic N) is 3. The SMILES string of the molecule is CC(C)(C)C(=O)[C@@H]1[C@@H](c2ccc(Br)cc2)C(C#N)(C#N)[C@H]2c3ccccc3C=CN12. The van der Waals surface area contributed by atoms with E-state index in [-0.39, 0.29) is 5.78 Å². The van der Waals surface area contributed by atoms with Crippen LogP contribution in [0.15, 0.2) is 59.2 Å². The Morgan fingerprint density at radius 2 is 1.70 bits per heavy atom. The molecule has 30 heavy (non-hydrogen) atoms. The minimum atomic E-state index is -1.40. The number of hydrogen-bond donors (Lipinski definition) is 0. The topological polar surface area (TPSA) is 67.9 Å². The van der Waals surface area contributed by atoms with Crippen molar-refractivity contribution in [3.63, 3.8) is 0 Å². The van der Waals surface area contributed by atoms with Crippen LogP contribution < -0.4 is 0 Å². The number of fused-ring (bicyclic) bond motifs is 3. The Morgan fingerprint density at radius 1 is 1.07 bits per heavy atom. The van der Waals surface area contributed by atoms with E-state index in [2.05, 4.69) is 28.1 Å². The Hall–Kier alpha value is -2.89. The Kier molecular flexibility index (Phi) is 4.83. The van der Waals surface area contributed by atoms with E-state index in [0.29, 0.717) is 0 Å². The van der Waals surface area contributed by atoms with Gasteiger partial charge in [0, 0.05) is 22.0 Å². The maximum Gasteiger partial charge on any atom is 0.177 e. The van der Waals surface area contributed by atoms with E-state index in [0.717, 1.165) is 21.2 Å². The van der Waals surface area contributed by atoms with Crippen molar-refractivity contribution in [1.29, 1.82) is 10.5 Å². The van der Waals surface area contributed by atoms with Crippen LogP contribution in [-0.4, -0.2) is 16.7 Å². The fraction of sp³-hybridized carbons (Fsp3) is 0.320. The summed E-state index contributed by atoms with van der Waals surface area (Å²) in [5.41, 5.74) is 0.695. The molecule has 0 aliphatic carbocycles. The van der Waals surface area contributed by atoms with Gasteiger partial charge in [0.2, 0.25) is 0 Å². The van der Waals surface area contributed by atoms with Gasteiger partial charge in [-0.2, -0.15) is 10.5 Å². The van der Waals surface area contributed by atoms with E-state index >= 15 is 0 Å². The molecule has 0 bridgehead atoms. The first-order chi connectivity index (χ1) is 14.2. The summed E-state index contributed by atoms with van der Waals surface area (Å²) in [6.07, 6.45) is 3.86. The van der Waals surface area contributed by atoms with Crippen molar-refractivity contribution in [2.24, 2.45) is 10.8 Å². The summed E-state index contributed by atoms with van der Waals surface area (Å²) in [6.45, 7) is 5.68. The predicted molar refractivity (Wildman–Crippen MR) is 119 cm³/mol. The van der Waals surface area contributed by atoms with Crippen molar-refractivity contribution < 1.29 is 4.79 Å². The minimum absolute atomic E-state index is 0.0248. The normalized spacial score (nSPS) is 23.8. The molecule has 0 N–H and O–H groups in total. The van der Waals surface area contributed by atoms with Crippen LogP contribution in [0, 0.1) is 33.5 Å². The van der Waals surface area contributed by atoms with Crippen LogP contribution in [0.1, 0.15) is 49.4 Å². The Morgan fingerprint density at radius 3 is 2.30 bits per heavy atom. The van der Waals surface area contributed by atoms with Gasteiger partial charge >= 0.3 is 0 Å². The van der Waals surface area contributed by atoms with Gasteiger partial charge in [0.15, 0.2) is 11.2 Å². The molecule has 3 atom stereocenters. The van der Waals surface area contributed by atoms with Gasteiger partial charge in [0.1, 0.15) is 0 Å². The van der Waals surface area contributed by atoms with Crippen LogP contribution in [0.5, 0.6) is 0 Å². The number of carbonyl (C=O) groups excluding carboxylic acids is 1. The highest BCUT2D eigenvalue weighted by atomic mass is 79.9. The number of hydrogen-bond acceptors (Lipinski definition) is 4. The molecule has 0 aromatic heterocycles. The van der Waals surface area contributed by atoms with Crippen LogP contribution in [0.2, 0.25) is 0 Å². The van der Waals surface area contributed by atoms with Crippen LogP contribution in [-0.2, 0) is 4.79 Å². The smallest absolute Gasteiger partial charge is 0.177 e. The van der Waals surface area contributed by atoms with Gasteiger partial charge in [-0.05, 0) is 34.9 Å². The number of ketones is 1. The van der Waals surface area contributed by atoms with Gasteiger partial charge in [-0.1, -0.05) is 73.1 Å². The summed E-state index contributed by atoms with van der Waals surface area (Å²) in [7, 11) is 0. The third-order valence-corrected chi connectivity index (χ3v) is 6.71. The molecule has 0 radical (unpaired) electrons. The molecule has 150 valence electrons. The zero-order valence-electron chi connectivity index (χ0n) is 17.1. The Bertz CT molecular complexity index is 1100. The van der Waals surface area contributed by atoms with Crippen LogP contribution in [0.3, 0.4) is 0 Å². The highest BCUT2D eigenvalue weighted by molar-refractivity contribution is 9.10. The summed E-state index contributed by atoms with van der Waals surface area (Å²) in [6, 6.07) is 19.0. The molecular weight excluding hydrogens is 438 g/mol. The predicted octanol–water partition coefficient (Wildman–Crippen LogP) is 5.59. The lowest BCUT2D eigenvalue weighted by atomic mass is 9.66. The van der Waals surface area contributed by atoms with Gasteiger partial charge in [-0.3, -0.25) is 4.79 Å². The summed E-state index contributed by atoms with van der Waals surface area (Å²) in [4.78, 5) is 15.7. The van der Waals surface area contributed by atoms with Gasteiger partial charge < -0.3 is 4.90 Å². The van der Waals surface area contributed by atoms with Crippen LogP contribution in [0.4, 0.5) is 0 Å². The molecular formula is C25H22BrN3O. The second-order valence-corrected chi connectivity index (χ2v) is 9.89. The van der Waals surface area contributed by atoms with Gasteiger partial charge in [0.25, 0.3) is 0 Å². The van der Waals surface area contributed by atoms with E-state index in [9.17, 15) is 15.3 Å². The lowest BCUT2D eigenvalue weighted by molar-refractivity contribution is -0.130. The molecule has 2 heterocycles. The Labute approximate surface area is 185 Å². The molecule has 2 aromatic carbocycles. The molecule has 4 nitrogen and oxygen atoms in total. The van der Waals surface area contributed by atoms with Gasteiger partial charge in [-0.15, -0.1) is 0 Å². The Balaban J connectivity index is 2.02. The number of Topliss-reactive ketones (excluding diaryl/α,β-unsaturated/α-hetero) is 1. The molecule has 0 unspecified atom stereocenters. The van der Waals surface area contributed by atoms with E-state index in [1.54, 1.807) is 0 Å². The van der Waals surface area contributed by atoms with E-state index in [4.69, 9.17) is 0 Å². The first-order valence-corrected chi connectivity index (χ1v) is 10.7. The number of carbonyl (C=O) groups is 1. The molecule has 0 spiro atoms. The number of halogens is 1. The third kappa shape index (κ3) is 2.89. The highest BCUT2D eigenvalue weighted by Gasteiger charge is 2.64. The summed E-state index contributed by atoms with van der Waals surface area (Å²) in [5.74, 6) is -0.551. The monoisotopic (exact) mass is 459 g/mol.